The molecule has 1 aliphatic heterocycles. The molecule has 5 nitrogen and oxygen atoms in total. The molecule has 1 aliphatic rings. The predicted octanol–water partition coefficient (Wildman–Crippen LogP) is 0.995. The first kappa shape index (κ1) is 12.5. The van der Waals surface area contributed by atoms with Crippen molar-refractivity contribution in [1.82, 2.24) is 15.3 Å². The maximum Gasteiger partial charge on any atom is 0.243 e. The van der Waals surface area contributed by atoms with Crippen molar-refractivity contribution in [1.29, 1.82) is 0 Å². The van der Waals surface area contributed by atoms with Crippen LogP contribution in [-0.2, 0) is 4.79 Å². The Bertz CT molecular complexity index is 399. The Morgan fingerprint density at radius 3 is 2.72 bits per heavy atom. The van der Waals surface area contributed by atoms with Crippen LogP contribution >= 0.6 is 0 Å². The molecule has 1 fully saturated rings. The van der Waals surface area contributed by atoms with Gasteiger partial charge < -0.3 is 10.2 Å². The molecule has 5 heteroatoms. The van der Waals surface area contributed by atoms with Crippen LogP contribution in [0, 0.1) is 5.92 Å². The van der Waals surface area contributed by atoms with Crippen molar-refractivity contribution < 1.29 is 4.79 Å². The first-order valence-corrected chi connectivity index (χ1v) is 6.20. The fourth-order valence-electron chi connectivity index (χ4n) is 2.17. The molecule has 0 bridgehead atoms. The van der Waals surface area contributed by atoms with Gasteiger partial charge in [-0.05, 0) is 24.8 Å². The van der Waals surface area contributed by atoms with Crippen molar-refractivity contribution in [2.75, 3.05) is 24.5 Å². The van der Waals surface area contributed by atoms with E-state index in [-0.39, 0.29) is 5.91 Å². The Hall–Kier alpha value is -1.91. The highest BCUT2D eigenvalue weighted by atomic mass is 16.1. The highest BCUT2D eigenvalue weighted by molar-refractivity contribution is 5.86. The number of anilines is 1. The van der Waals surface area contributed by atoms with Gasteiger partial charge in [0, 0.05) is 19.6 Å². The first-order valence-electron chi connectivity index (χ1n) is 6.20. The molecule has 0 spiro atoms. The van der Waals surface area contributed by atoms with Gasteiger partial charge in [-0.1, -0.05) is 6.58 Å². The van der Waals surface area contributed by atoms with E-state index < -0.39 is 0 Å². The van der Waals surface area contributed by atoms with E-state index >= 15 is 0 Å². The minimum Gasteiger partial charge on any atom is -0.369 e. The number of hydrogen-bond donors (Lipinski definition) is 1. The summed E-state index contributed by atoms with van der Waals surface area (Å²) in [4.78, 5) is 21.4. The molecule has 0 aromatic carbocycles. The van der Waals surface area contributed by atoms with Crippen LogP contribution < -0.4 is 10.2 Å². The topological polar surface area (TPSA) is 58.1 Å². The third-order valence-corrected chi connectivity index (χ3v) is 3.28. The van der Waals surface area contributed by atoms with Crippen LogP contribution in [0.15, 0.2) is 31.4 Å². The molecule has 0 radical (unpaired) electrons. The zero-order valence-electron chi connectivity index (χ0n) is 10.4. The lowest BCUT2D eigenvalue weighted by Gasteiger charge is -2.33. The van der Waals surface area contributed by atoms with Crippen LogP contribution in [0.1, 0.15) is 12.8 Å². The standard InChI is InChI=1S/C13H18N4O/c1-2-13(18)16-7-11-3-5-17(6-4-11)12-8-14-10-15-9-12/h2,8-11H,1,3-7H2,(H,16,18). The number of amides is 1. The lowest BCUT2D eigenvalue weighted by Crippen LogP contribution is -2.38. The first-order chi connectivity index (χ1) is 8.79. The van der Waals surface area contributed by atoms with E-state index in [2.05, 4.69) is 26.8 Å². The summed E-state index contributed by atoms with van der Waals surface area (Å²) in [6.45, 7) is 6.16. The van der Waals surface area contributed by atoms with Crippen LogP contribution in [-0.4, -0.2) is 35.5 Å². The van der Waals surface area contributed by atoms with Gasteiger partial charge in [0.05, 0.1) is 18.1 Å². The number of aromatic nitrogens is 2. The van der Waals surface area contributed by atoms with Crippen molar-refractivity contribution in [2.24, 2.45) is 5.92 Å². The Labute approximate surface area is 107 Å². The van der Waals surface area contributed by atoms with E-state index in [9.17, 15) is 4.79 Å². The molecule has 1 N–H and O–H groups in total. The van der Waals surface area contributed by atoms with Crippen molar-refractivity contribution >= 4 is 11.6 Å². The third kappa shape index (κ3) is 3.29. The van der Waals surface area contributed by atoms with Crippen LogP contribution in [0.5, 0.6) is 0 Å². The summed E-state index contributed by atoms with van der Waals surface area (Å²) in [5.41, 5.74) is 1.08. The number of nitrogens with one attached hydrogen (secondary N) is 1. The number of carbonyl (C=O) groups excluding carboxylic acids is 1. The van der Waals surface area contributed by atoms with E-state index in [1.807, 2.05) is 12.4 Å². The maximum absolute atomic E-state index is 11.1. The normalized spacial score (nSPS) is 16.3. The van der Waals surface area contributed by atoms with Crippen molar-refractivity contribution in [2.45, 2.75) is 12.8 Å². The summed E-state index contributed by atoms with van der Waals surface area (Å²) in [5, 5.41) is 2.86. The van der Waals surface area contributed by atoms with Gasteiger partial charge in [0.25, 0.3) is 0 Å². The predicted molar refractivity (Wildman–Crippen MR) is 70.2 cm³/mol. The van der Waals surface area contributed by atoms with E-state index in [1.165, 1.54) is 6.08 Å². The zero-order valence-corrected chi connectivity index (χ0v) is 10.4. The van der Waals surface area contributed by atoms with Gasteiger partial charge >= 0.3 is 0 Å². The van der Waals surface area contributed by atoms with Gasteiger partial charge in [0.2, 0.25) is 5.91 Å². The molecule has 2 rings (SSSR count). The number of piperidine rings is 1. The Kier molecular flexibility index (Phi) is 4.28. The third-order valence-electron chi connectivity index (χ3n) is 3.28. The van der Waals surface area contributed by atoms with Gasteiger partial charge in [0.1, 0.15) is 6.33 Å². The number of rotatable bonds is 4. The average molecular weight is 246 g/mol. The van der Waals surface area contributed by atoms with Crippen molar-refractivity contribution in [3.8, 4) is 0 Å². The quantitative estimate of drug-likeness (QED) is 0.805. The summed E-state index contributed by atoms with van der Waals surface area (Å²) in [6, 6.07) is 0. The molecule has 1 aromatic rings. The lowest BCUT2D eigenvalue weighted by atomic mass is 9.96. The fourth-order valence-corrected chi connectivity index (χ4v) is 2.17. The minimum absolute atomic E-state index is 0.0890. The van der Waals surface area contributed by atoms with Gasteiger partial charge in [-0.2, -0.15) is 0 Å². The maximum atomic E-state index is 11.1. The number of carbonyl (C=O) groups is 1. The Morgan fingerprint density at radius 2 is 2.11 bits per heavy atom. The molecule has 96 valence electrons. The zero-order chi connectivity index (χ0) is 12.8. The summed E-state index contributed by atoms with van der Waals surface area (Å²) >= 11 is 0. The van der Waals surface area contributed by atoms with Crippen LogP contribution in [0.3, 0.4) is 0 Å². The molecule has 0 atom stereocenters. The molecular weight excluding hydrogens is 228 g/mol. The minimum atomic E-state index is -0.0890. The lowest BCUT2D eigenvalue weighted by molar-refractivity contribution is -0.116. The highest BCUT2D eigenvalue weighted by Crippen LogP contribution is 2.21. The molecule has 1 aromatic heterocycles. The summed E-state index contributed by atoms with van der Waals surface area (Å²) < 4.78 is 0. The largest absolute Gasteiger partial charge is 0.369 e. The summed E-state index contributed by atoms with van der Waals surface area (Å²) in [5.74, 6) is 0.462. The average Bonchev–Trinajstić information content (AvgIpc) is 2.46. The Morgan fingerprint density at radius 1 is 1.44 bits per heavy atom. The van der Waals surface area contributed by atoms with Crippen LogP contribution in [0.4, 0.5) is 5.69 Å². The van der Waals surface area contributed by atoms with Crippen LogP contribution in [0.25, 0.3) is 0 Å². The Balaban J connectivity index is 1.78. The van der Waals surface area contributed by atoms with Gasteiger partial charge in [-0.3, -0.25) is 4.79 Å². The fraction of sp³-hybridized carbons (Fsp3) is 0.462. The smallest absolute Gasteiger partial charge is 0.243 e. The summed E-state index contributed by atoms with van der Waals surface area (Å²) in [6.07, 6.45) is 8.69. The van der Waals surface area contributed by atoms with E-state index in [0.717, 1.165) is 38.2 Å². The van der Waals surface area contributed by atoms with E-state index in [1.54, 1.807) is 6.33 Å². The summed E-state index contributed by atoms with van der Waals surface area (Å²) in [7, 11) is 0. The van der Waals surface area contributed by atoms with E-state index in [0.29, 0.717) is 5.92 Å². The molecular formula is C13H18N4O. The number of nitrogens with zero attached hydrogens (tertiary/aromatic N) is 3. The second-order valence-electron chi connectivity index (χ2n) is 4.48. The monoisotopic (exact) mass is 246 g/mol. The molecule has 0 unspecified atom stereocenters. The molecule has 1 saturated heterocycles. The molecule has 0 aliphatic carbocycles. The second-order valence-corrected chi connectivity index (χ2v) is 4.48. The van der Waals surface area contributed by atoms with Gasteiger partial charge in [0.15, 0.2) is 0 Å². The second kappa shape index (κ2) is 6.14. The van der Waals surface area contributed by atoms with Crippen molar-refractivity contribution in [3.63, 3.8) is 0 Å². The molecule has 2 heterocycles. The molecule has 0 saturated carbocycles. The highest BCUT2D eigenvalue weighted by Gasteiger charge is 2.19. The van der Waals surface area contributed by atoms with Gasteiger partial charge in [-0.25, -0.2) is 9.97 Å². The molecule has 1 amide bonds. The van der Waals surface area contributed by atoms with Crippen LogP contribution in [0.2, 0.25) is 0 Å². The van der Waals surface area contributed by atoms with Crippen molar-refractivity contribution in [3.05, 3.63) is 31.4 Å². The number of hydrogen-bond acceptors (Lipinski definition) is 4. The SMILES string of the molecule is C=CC(=O)NCC1CCN(c2cncnc2)CC1. The van der Waals surface area contributed by atoms with E-state index in [4.69, 9.17) is 0 Å². The van der Waals surface area contributed by atoms with Gasteiger partial charge in [-0.15, -0.1) is 0 Å². The molecule has 18 heavy (non-hydrogen) atoms.